The van der Waals surface area contributed by atoms with Crippen LogP contribution in [0.3, 0.4) is 0 Å². The van der Waals surface area contributed by atoms with Crippen LogP contribution < -0.4 is 0 Å². The fourth-order valence-electron chi connectivity index (χ4n) is 2.97. The van der Waals surface area contributed by atoms with Crippen LogP contribution in [0.4, 0.5) is 0 Å². The zero-order chi connectivity index (χ0) is 11.5. The third-order valence-electron chi connectivity index (χ3n) is 4.09. The smallest absolute Gasteiger partial charge is 0.0414 e. The molecule has 0 aliphatic heterocycles. The Balaban J connectivity index is 1.71. The minimum absolute atomic E-state index is 1.11. The second-order valence-electron chi connectivity index (χ2n) is 5.62. The lowest BCUT2D eigenvalue weighted by atomic mass is 9.99. The van der Waals surface area contributed by atoms with Crippen LogP contribution in [0, 0.1) is 12.8 Å². The summed E-state index contributed by atoms with van der Waals surface area (Å²) in [6, 6.07) is 0. The van der Waals surface area contributed by atoms with E-state index in [1.165, 1.54) is 83.5 Å². The molecule has 0 spiro atoms. The Bertz CT molecular complexity index is 133. The molecular formula is C16H31. The van der Waals surface area contributed by atoms with E-state index in [0.717, 1.165) is 12.3 Å². The molecule has 0 saturated heterocycles. The molecule has 0 unspecified atom stereocenters. The van der Waals surface area contributed by atoms with E-state index < -0.39 is 0 Å². The molecule has 1 fully saturated rings. The van der Waals surface area contributed by atoms with Crippen LogP contribution >= 0.6 is 0 Å². The number of hydrogen-bond donors (Lipinski definition) is 0. The minimum Gasteiger partial charge on any atom is -0.0533 e. The van der Waals surface area contributed by atoms with Crippen molar-refractivity contribution in [3.05, 3.63) is 6.92 Å². The molecule has 0 aromatic carbocycles. The van der Waals surface area contributed by atoms with Crippen LogP contribution in [0.25, 0.3) is 0 Å². The number of unbranched alkanes of at least 4 members (excludes halogenated alkanes) is 8. The Labute approximate surface area is 103 Å². The maximum atomic E-state index is 3.88. The van der Waals surface area contributed by atoms with Gasteiger partial charge in [-0.25, -0.2) is 0 Å². The van der Waals surface area contributed by atoms with Crippen LogP contribution in [0.5, 0.6) is 0 Å². The molecule has 1 aliphatic carbocycles. The average Bonchev–Trinajstić information content (AvgIpc) is 2.80. The third kappa shape index (κ3) is 7.30. The van der Waals surface area contributed by atoms with Gasteiger partial charge in [0.1, 0.15) is 0 Å². The highest BCUT2D eigenvalue weighted by Crippen LogP contribution is 2.29. The lowest BCUT2D eigenvalue weighted by molar-refractivity contribution is 0.460. The highest BCUT2D eigenvalue weighted by molar-refractivity contribution is 4.66. The highest BCUT2D eigenvalue weighted by atomic mass is 14.2. The summed E-state index contributed by atoms with van der Waals surface area (Å²) in [6.45, 7) is 3.88. The average molecular weight is 223 g/mol. The topological polar surface area (TPSA) is 0 Å². The van der Waals surface area contributed by atoms with Gasteiger partial charge in [-0.15, -0.1) is 0 Å². The van der Waals surface area contributed by atoms with E-state index >= 15 is 0 Å². The van der Waals surface area contributed by atoms with Gasteiger partial charge >= 0.3 is 0 Å². The maximum absolute atomic E-state index is 3.88. The van der Waals surface area contributed by atoms with Gasteiger partial charge in [0.05, 0.1) is 0 Å². The predicted octanol–water partition coefficient (Wildman–Crippen LogP) is 5.91. The van der Waals surface area contributed by atoms with Gasteiger partial charge in [0.25, 0.3) is 0 Å². The van der Waals surface area contributed by atoms with E-state index in [1.807, 2.05) is 0 Å². The van der Waals surface area contributed by atoms with Gasteiger partial charge in [-0.3, -0.25) is 0 Å². The van der Waals surface area contributed by atoms with Crippen molar-refractivity contribution in [3.63, 3.8) is 0 Å². The fraction of sp³-hybridized carbons (Fsp3) is 0.938. The first-order chi connectivity index (χ1) is 7.93. The van der Waals surface area contributed by atoms with Crippen LogP contribution in [0.1, 0.15) is 89.9 Å². The van der Waals surface area contributed by atoms with Gasteiger partial charge in [-0.2, -0.15) is 0 Å². The predicted molar refractivity (Wildman–Crippen MR) is 73.5 cm³/mol. The monoisotopic (exact) mass is 223 g/mol. The number of hydrogen-bond acceptors (Lipinski definition) is 0. The molecule has 0 N–H and O–H groups in total. The molecule has 0 aromatic rings. The minimum atomic E-state index is 1.11. The Morgan fingerprint density at radius 3 is 1.75 bits per heavy atom. The molecule has 1 radical (unpaired) electrons. The first kappa shape index (κ1) is 14.1. The second kappa shape index (κ2) is 10.2. The lowest BCUT2D eigenvalue weighted by Crippen LogP contribution is -1.92. The molecule has 0 aromatic heterocycles. The summed E-state index contributed by atoms with van der Waals surface area (Å²) in [6.07, 6.45) is 20.3. The van der Waals surface area contributed by atoms with Crippen molar-refractivity contribution in [1.29, 1.82) is 0 Å². The summed E-state index contributed by atoms with van der Waals surface area (Å²) < 4.78 is 0. The molecule has 0 heterocycles. The Morgan fingerprint density at radius 2 is 1.19 bits per heavy atom. The van der Waals surface area contributed by atoms with Crippen LogP contribution in [0.15, 0.2) is 0 Å². The van der Waals surface area contributed by atoms with Crippen molar-refractivity contribution >= 4 is 0 Å². The van der Waals surface area contributed by atoms with Gasteiger partial charge < -0.3 is 0 Å². The molecule has 16 heavy (non-hydrogen) atoms. The molecule has 0 heteroatoms. The molecule has 1 saturated carbocycles. The van der Waals surface area contributed by atoms with Crippen molar-refractivity contribution in [2.75, 3.05) is 0 Å². The molecule has 0 nitrogen and oxygen atoms in total. The van der Waals surface area contributed by atoms with Crippen molar-refractivity contribution in [3.8, 4) is 0 Å². The SMILES string of the molecule is [CH2]CCCCCCCCCCC1CCCC1. The molecule has 0 bridgehead atoms. The molecule has 0 atom stereocenters. The van der Waals surface area contributed by atoms with Crippen LogP contribution in [-0.2, 0) is 0 Å². The molecule has 0 amide bonds. The Morgan fingerprint density at radius 1 is 0.688 bits per heavy atom. The van der Waals surface area contributed by atoms with Crippen molar-refractivity contribution in [1.82, 2.24) is 0 Å². The van der Waals surface area contributed by atoms with E-state index in [2.05, 4.69) is 6.92 Å². The summed E-state index contributed by atoms with van der Waals surface area (Å²) in [5.74, 6) is 1.11. The van der Waals surface area contributed by atoms with Crippen molar-refractivity contribution in [2.45, 2.75) is 89.9 Å². The van der Waals surface area contributed by atoms with Crippen molar-refractivity contribution < 1.29 is 0 Å². The van der Waals surface area contributed by atoms with E-state index in [9.17, 15) is 0 Å². The highest BCUT2D eigenvalue weighted by Gasteiger charge is 2.13. The van der Waals surface area contributed by atoms with Gasteiger partial charge in [0.2, 0.25) is 0 Å². The summed E-state index contributed by atoms with van der Waals surface area (Å²) in [5, 5.41) is 0. The van der Waals surface area contributed by atoms with Gasteiger partial charge in [-0.05, 0) is 5.92 Å². The third-order valence-corrected chi connectivity index (χ3v) is 4.09. The summed E-state index contributed by atoms with van der Waals surface area (Å²) in [7, 11) is 0. The maximum Gasteiger partial charge on any atom is -0.0414 e. The van der Waals surface area contributed by atoms with Gasteiger partial charge in [0, 0.05) is 0 Å². The van der Waals surface area contributed by atoms with Crippen molar-refractivity contribution in [2.24, 2.45) is 5.92 Å². The van der Waals surface area contributed by atoms with E-state index in [0.29, 0.717) is 0 Å². The quantitative estimate of drug-likeness (QED) is 0.404. The first-order valence-electron chi connectivity index (χ1n) is 7.72. The molecule has 1 aliphatic rings. The fourth-order valence-corrected chi connectivity index (χ4v) is 2.97. The summed E-state index contributed by atoms with van der Waals surface area (Å²) in [5.41, 5.74) is 0. The van der Waals surface area contributed by atoms with Gasteiger partial charge in [0.15, 0.2) is 0 Å². The second-order valence-corrected chi connectivity index (χ2v) is 5.62. The van der Waals surface area contributed by atoms with Crippen LogP contribution in [0.2, 0.25) is 0 Å². The van der Waals surface area contributed by atoms with Gasteiger partial charge in [-0.1, -0.05) is 96.8 Å². The van der Waals surface area contributed by atoms with Crippen LogP contribution in [-0.4, -0.2) is 0 Å². The summed E-state index contributed by atoms with van der Waals surface area (Å²) in [4.78, 5) is 0. The zero-order valence-corrected chi connectivity index (χ0v) is 11.2. The van der Waals surface area contributed by atoms with E-state index in [-0.39, 0.29) is 0 Å². The molecular weight excluding hydrogens is 192 g/mol. The summed E-state index contributed by atoms with van der Waals surface area (Å²) >= 11 is 0. The zero-order valence-electron chi connectivity index (χ0n) is 11.2. The Kier molecular flexibility index (Phi) is 8.94. The standard InChI is InChI=1S/C16H31/c1-2-3-4-5-6-7-8-9-10-13-16-14-11-12-15-16/h16H,1-15H2. The molecule has 1 rings (SSSR count). The molecule has 95 valence electrons. The normalized spacial score (nSPS) is 17.1. The van der Waals surface area contributed by atoms with E-state index in [4.69, 9.17) is 0 Å². The number of rotatable bonds is 10. The van der Waals surface area contributed by atoms with E-state index in [1.54, 1.807) is 0 Å². The lowest BCUT2D eigenvalue weighted by Gasteiger charge is -2.07. The first-order valence-corrected chi connectivity index (χ1v) is 7.72. The largest absolute Gasteiger partial charge is 0.0533 e. The Hall–Kier alpha value is 0.